The molecule has 4 aromatic rings. The molecule has 8 rings (SSSR count). The second kappa shape index (κ2) is 13.0. The first-order valence-electron chi connectivity index (χ1n) is 16.9. The van der Waals surface area contributed by atoms with Gasteiger partial charge in [-0.3, -0.25) is 24.6 Å². The second-order valence-electron chi connectivity index (χ2n) is 13.9. The Bertz CT molecular complexity index is 2270. The number of imide groups is 2. The third kappa shape index (κ3) is 5.30. The van der Waals surface area contributed by atoms with Gasteiger partial charge in [-0.1, -0.05) is 53.1 Å². The minimum atomic E-state index is -1.60. The summed E-state index contributed by atoms with van der Waals surface area (Å²) in [6, 6.07) is 20.4. The summed E-state index contributed by atoms with van der Waals surface area (Å²) in [6.45, 7) is 1.83. The van der Waals surface area contributed by atoms with E-state index in [0.717, 1.165) is 10.6 Å². The maximum absolute atomic E-state index is 15.3. The van der Waals surface area contributed by atoms with E-state index in [9.17, 15) is 23.9 Å². The lowest BCUT2D eigenvalue weighted by atomic mass is 9.49. The first-order valence-corrected chi connectivity index (χ1v) is 18.5. The lowest BCUT2D eigenvalue weighted by Gasteiger charge is -2.50. The number of halogens is 4. The van der Waals surface area contributed by atoms with Crippen molar-refractivity contribution in [3.8, 4) is 11.5 Å². The number of anilines is 2. The van der Waals surface area contributed by atoms with Crippen LogP contribution in [0.15, 0.2) is 95.0 Å². The molecule has 1 saturated carbocycles. The number of carbonyl (C=O) groups excluding carboxylic acids is 4. The highest BCUT2D eigenvalue weighted by molar-refractivity contribution is 9.10. The fourth-order valence-corrected chi connectivity index (χ4v) is 9.68. The van der Waals surface area contributed by atoms with Crippen molar-refractivity contribution in [3.05, 3.63) is 128 Å². The highest BCUT2D eigenvalue weighted by Gasteiger charge is 2.70. The standard InChI is InChI=1S/C40H31BrCl2FN3O6/c1-19-3-12-25(17-31(19)43)46-36(49)27-14-13-26-28(33(27)38(46)51)18-29-37(50)47(45-24-10-8-23(44)9-11-24)39(52)40(29,21-4-6-22(42)7-5-21)34(26)20-15-30(41)35(48)32(16-20)53-2/h3-13,15-17,27-29,33-34,45,48H,14,18H2,1-2H3. The molecule has 0 bridgehead atoms. The molecule has 0 spiro atoms. The van der Waals surface area contributed by atoms with Gasteiger partial charge in [-0.15, -0.1) is 0 Å². The van der Waals surface area contributed by atoms with Gasteiger partial charge in [-0.05, 0) is 119 Å². The summed E-state index contributed by atoms with van der Waals surface area (Å²) in [6.07, 6.45) is 2.21. The number of methoxy groups -OCH3 is 1. The van der Waals surface area contributed by atoms with Crippen LogP contribution < -0.4 is 15.1 Å². The van der Waals surface area contributed by atoms with E-state index < -0.39 is 58.5 Å². The Morgan fingerprint density at radius 1 is 0.925 bits per heavy atom. The number of hydrogen-bond donors (Lipinski definition) is 2. The van der Waals surface area contributed by atoms with Crippen molar-refractivity contribution in [3.63, 3.8) is 0 Å². The van der Waals surface area contributed by atoms with Crippen LogP contribution in [0.25, 0.3) is 0 Å². The van der Waals surface area contributed by atoms with Crippen molar-refractivity contribution in [1.29, 1.82) is 0 Å². The van der Waals surface area contributed by atoms with E-state index in [0.29, 0.717) is 42.6 Å². The van der Waals surface area contributed by atoms with Crippen molar-refractivity contribution < 1.29 is 33.4 Å². The van der Waals surface area contributed by atoms with E-state index >= 15 is 4.79 Å². The van der Waals surface area contributed by atoms with Crippen LogP contribution in [0.3, 0.4) is 0 Å². The minimum absolute atomic E-state index is 0.0657. The highest BCUT2D eigenvalue weighted by atomic mass is 79.9. The number of phenolic OH excluding ortho intramolecular Hbond substituents is 1. The normalized spacial score (nSPS) is 26.3. The third-order valence-corrected chi connectivity index (χ3v) is 12.5. The number of nitrogens with one attached hydrogen (secondary N) is 1. The second-order valence-corrected chi connectivity index (χ2v) is 15.6. The number of carbonyl (C=O) groups is 4. The molecule has 9 nitrogen and oxygen atoms in total. The predicted molar refractivity (Wildman–Crippen MR) is 200 cm³/mol. The van der Waals surface area contributed by atoms with Gasteiger partial charge in [0.25, 0.3) is 11.8 Å². The van der Waals surface area contributed by atoms with E-state index in [-0.39, 0.29) is 30.2 Å². The van der Waals surface area contributed by atoms with Gasteiger partial charge in [-0.25, -0.2) is 9.29 Å². The van der Waals surface area contributed by atoms with Crippen molar-refractivity contribution in [1.82, 2.24) is 5.01 Å². The molecule has 3 fully saturated rings. The number of fused-ring (bicyclic) bond motifs is 4. The Hall–Kier alpha value is -4.71. The van der Waals surface area contributed by atoms with E-state index in [2.05, 4.69) is 21.4 Å². The minimum Gasteiger partial charge on any atom is -0.503 e. The summed E-state index contributed by atoms with van der Waals surface area (Å²) in [7, 11) is 1.41. The molecular weight excluding hydrogens is 788 g/mol. The van der Waals surface area contributed by atoms with Gasteiger partial charge in [0.2, 0.25) is 11.8 Å². The molecule has 2 N–H and O–H groups in total. The SMILES string of the molecule is COc1cc(C2C3=CCC4C(=O)N(c5ccc(C)c(Cl)c5)C(=O)C4C3CC3C(=O)N(Nc4ccc(F)cc4)C(=O)C32c2ccc(Cl)cc2)cc(Br)c1O. The summed E-state index contributed by atoms with van der Waals surface area (Å²) < 4.78 is 19.7. The predicted octanol–water partition coefficient (Wildman–Crippen LogP) is 8.11. The van der Waals surface area contributed by atoms with Crippen LogP contribution in [-0.4, -0.2) is 40.9 Å². The van der Waals surface area contributed by atoms with Crippen LogP contribution in [0.4, 0.5) is 15.8 Å². The average molecular weight is 820 g/mol. The number of hydrogen-bond acceptors (Lipinski definition) is 7. The quantitative estimate of drug-likeness (QED) is 0.149. The molecule has 4 aliphatic rings. The Morgan fingerprint density at radius 2 is 1.64 bits per heavy atom. The Labute approximate surface area is 322 Å². The number of allylic oxidation sites excluding steroid dienone is 2. The maximum Gasteiger partial charge on any atom is 0.260 e. The van der Waals surface area contributed by atoms with Crippen LogP contribution in [0.2, 0.25) is 10.0 Å². The summed E-state index contributed by atoms with van der Waals surface area (Å²) in [5.41, 5.74) is 4.56. The molecule has 2 aliphatic heterocycles. The molecular formula is C40H31BrCl2FN3O6. The molecule has 53 heavy (non-hydrogen) atoms. The third-order valence-electron chi connectivity index (χ3n) is 11.3. The molecule has 2 heterocycles. The fraction of sp³-hybridized carbons (Fsp3) is 0.250. The van der Waals surface area contributed by atoms with Crippen molar-refractivity contribution in [2.45, 2.75) is 31.1 Å². The van der Waals surface area contributed by atoms with Gasteiger partial charge in [0.1, 0.15) is 5.82 Å². The first-order chi connectivity index (χ1) is 25.4. The first kappa shape index (κ1) is 35.3. The lowest BCUT2D eigenvalue weighted by Crippen LogP contribution is -2.53. The molecule has 6 atom stereocenters. The average Bonchev–Trinajstić information content (AvgIpc) is 3.52. The number of ether oxygens (including phenoxy) is 1. The number of rotatable bonds is 6. The molecule has 270 valence electrons. The van der Waals surface area contributed by atoms with E-state index in [4.69, 9.17) is 27.9 Å². The van der Waals surface area contributed by atoms with Crippen molar-refractivity contribution in [2.75, 3.05) is 17.4 Å². The molecule has 4 aromatic carbocycles. The van der Waals surface area contributed by atoms with Gasteiger partial charge >= 0.3 is 0 Å². The number of benzene rings is 4. The number of aryl methyl sites for hydroxylation is 1. The molecule has 4 amide bonds. The van der Waals surface area contributed by atoms with Crippen LogP contribution in [-0.2, 0) is 24.6 Å². The highest BCUT2D eigenvalue weighted by Crippen LogP contribution is 2.65. The summed E-state index contributed by atoms with van der Waals surface area (Å²) >= 11 is 16.3. The Balaban J connectivity index is 1.34. The zero-order valence-electron chi connectivity index (χ0n) is 28.3. The fourth-order valence-electron chi connectivity index (χ4n) is 8.92. The monoisotopic (exact) mass is 817 g/mol. The summed E-state index contributed by atoms with van der Waals surface area (Å²) in [5.74, 6) is -6.51. The van der Waals surface area contributed by atoms with Crippen LogP contribution in [0.5, 0.6) is 11.5 Å². The molecule has 2 aliphatic carbocycles. The molecule has 0 aromatic heterocycles. The number of phenols is 1. The number of aromatic hydroxyl groups is 1. The van der Waals surface area contributed by atoms with Gasteiger partial charge in [0, 0.05) is 16.0 Å². The number of nitrogens with zero attached hydrogens (tertiary/aromatic N) is 2. The topological polar surface area (TPSA) is 116 Å². The van der Waals surface area contributed by atoms with Crippen molar-refractivity contribution in [2.24, 2.45) is 23.7 Å². The van der Waals surface area contributed by atoms with E-state index in [1.165, 1.54) is 36.3 Å². The van der Waals surface area contributed by atoms with Crippen LogP contribution in [0, 0.1) is 36.4 Å². The molecule has 0 radical (unpaired) electrons. The maximum atomic E-state index is 15.3. The number of hydrazine groups is 1. The lowest BCUT2D eigenvalue weighted by molar-refractivity contribution is -0.138. The van der Waals surface area contributed by atoms with Gasteiger partial charge < -0.3 is 9.84 Å². The summed E-state index contributed by atoms with van der Waals surface area (Å²) in [5, 5.41) is 12.7. The smallest absolute Gasteiger partial charge is 0.260 e. The zero-order chi connectivity index (χ0) is 37.5. The molecule has 2 saturated heterocycles. The molecule has 6 unspecified atom stereocenters. The van der Waals surface area contributed by atoms with Gasteiger partial charge in [0.05, 0.1) is 46.1 Å². The Morgan fingerprint density at radius 3 is 2.32 bits per heavy atom. The van der Waals surface area contributed by atoms with E-state index in [1.54, 1.807) is 54.6 Å². The van der Waals surface area contributed by atoms with Gasteiger partial charge in [0.15, 0.2) is 11.5 Å². The van der Waals surface area contributed by atoms with Crippen LogP contribution >= 0.6 is 39.1 Å². The molecule has 13 heteroatoms. The van der Waals surface area contributed by atoms with Gasteiger partial charge in [-0.2, -0.15) is 5.01 Å². The number of amides is 4. The van der Waals surface area contributed by atoms with E-state index in [1.807, 2.05) is 13.0 Å². The Kier molecular flexibility index (Phi) is 8.66. The zero-order valence-corrected chi connectivity index (χ0v) is 31.4. The largest absolute Gasteiger partial charge is 0.503 e. The van der Waals surface area contributed by atoms with Crippen molar-refractivity contribution >= 4 is 74.1 Å². The van der Waals surface area contributed by atoms with Crippen LogP contribution in [0.1, 0.15) is 35.4 Å². The summed E-state index contributed by atoms with van der Waals surface area (Å²) in [4.78, 5) is 60.0.